The highest BCUT2D eigenvalue weighted by atomic mass is 35.5. The van der Waals surface area contributed by atoms with Gasteiger partial charge in [0.25, 0.3) is 0 Å². The first-order chi connectivity index (χ1) is 9.44. The van der Waals surface area contributed by atoms with Crippen LogP contribution in [0.5, 0.6) is 0 Å². The van der Waals surface area contributed by atoms with Gasteiger partial charge < -0.3 is 5.11 Å². The summed E-state index contributed by atoms with van der Waals surface area (Å²) in [6.07, 6.45) is 0. The van der Waals surface area contributed by atoms with E-state index in [0.29, 0.717) is 15.5 Å². The van der Waals surface area contributed by atoms with Gasteiger partial charge in [0.2, 0.25) is 10.0 Å². The Bertz CT molecular complexity index is 710. The maximum Gasteiger partial charge on any atom is 0.242 e. The van der Waals surface area contributed by atoms with Gasteiger partial charge in [0.05, 0.1) is 11.5 Å². The number of benzene rings is 1. The summed E-state index contributed by atoms with van der Waals surface area (Å²) in [4.78, 5) is 0.619. The number of nitrogens with one attached hydrogen (secondary N) is 1. The zero-order valence-electron chi connectivity index (χ0n) is 10.8. The zero-order valence-corrected chi connectivity index (χ0v) is 13.1. The SMILES string of the molecule is Cc1csc(CO)c1S(=O)(=O)NCc1cccc(Cl)c1. The van der Waals surface area contributed by atoms with Crippen molar-refractivity contribution >= 4 is 33.0 Å². The summed E-state index contributed by atoms with van der Waals surface area (Å²) in [6, 6.07) is 6.99. The Kier molecular flexibility index (Phi) is 4.82. The summed E-state index contributed by atoms with van der Waals surface area (Å²) in [7, 11) is -3.64. The summed E-state index contributed by atoms with van der Waals surface area (Å²) in [6.45, 7) is 1.58. The molecule has 0 amide bonds. The van der Waals surface area contributed by atoms with Crippen molar-refractivity contribution < 1.29 is 13.5 Å². The fraction of sp³-hybridized carbons (Fsp3) is 0.231. The summed E-state index contributed by atoms with van der Waals surface area (Å²) in [5.41, 5.74) is 1.41. The molecule has 2 aromatic rings. The summed E-state index contributed by atoms with van der Waals surface area (Å²) in [5.74, 6) is 0. The van der Waals surface area contributed by atoms with E-state index in [1.807, 2.05) is 0 Å². The van der Waals surface area contributed by atoms with Crippen molar-refractivity contribution in [2.75, 3.05) is 0 Å². The van der Waals surface area contributed by atoms with Gasteiger partial charge in [-0.15, -0.1) is 11.3 Å². The van der Waals surface area contributed by atoms with Gasteiger partial charge in [-0.25, -0.2) is 13.1 Å². The second-order valence-electron chi connectivity index (χ2n) is 4.28. The number of hydrogen-bond acceptors (Lipinski definition) is 4. The lowest BCUT2D eigenvalue weighted by molar-refractivity contribution is 0.282. The van der Waals surface area contributed by atoms with E-state index >= 15 is 0 Å². The van der Waals surface area contributed by atoms with E-state index in [2.05, 4.69) is 4.72 Å². The van der Waals surface area contributed by atoms with Crippen LogP contribution in [-0.2, 0) is 23.2 Å². The Balaban J connectivity index is 2.21. The number of thiophene rings is 1. The maximum atomic E-state index is 12.3. The standard InChI is InChI=1S/C13H14ClNO3S2/c1-9-8-19-12(7-16)13(9)20(17,18)15-6-10-3-2-4-11(14)5-10/h2-5,8,15-16H,6-7H2,1H3. The molecule has 0 saturated heterocycles. The third-order valence-electron chi connectivity index (χ3n) is 2.76. The lowest BCUT2D eigenvalue weighted by atomic mass is 10.2. The molecule has 0 saturated carbocycles. The van der Waals surface area contributed by atoms with Crippen LogP contribution in [0, 0.1) is 6.92 Å². The highest BCUT2D eigenvalue weighted by Crippen LogP contribution is 2.26. The van der Waals surface area contributed by atoms with Crippen molar-refractivity contribution in [2.24, 2.45) is 0 Å². The van der Waals surface area contributed by atoms with Gasteiger partial charge >= 0.3 is 0 Å². The fourth-order valence-electron chi connectivity index (χ4n) is 1.85. The van der Waals surface area contributed by atoms with Crippen molar-refractivity contribution in [1.29, 1.82) is 0 Å². The molecule has 2 N–H and O–H groups in total. The predicted molar refractivity (Wildman–Crippen MR) is 80.5 cm³/mol. The van der Waals surface area contributed by atoms with E-state index in [-0.39, 0.29) is 18.0 Å². The normalized spacial score (nSPS) is 11.8. The van der Waals surface area contributed by atoms with Crippen LogP contribution in [0.2, 0.25) is 5.02 Å². The first-order valence-electron chi connectivity index (χ1n) is 5.86. The van der Waals surface area contributed by atoms with Crippen molar-refractivity contribution in [1.82, 2.24) is 4.72 Å². The molecule has 0 aliphatic carbocycles. The van der Waals surface area contributed by atoms with Crippen molar-refractivity contribution in [3.8, 4) is 0 Å². The van der Waals surface area contributed by atoms with Gasteiger partial charge in [-0.1, -0.05) is 23.7 Å². The average molecular weight is 332 g/mol. The van der Waals surface area contributed by atoms with E-state index in [9.17, 15) is 13.5 Å². The van der Waals surface area contributed by atoms with E-state index in [0.717, 1.165) is 5.56 Å². The second kappa shape index (κ2) is 6.24. The Labute approximate surface area is 127 Å². The quantitative estimate of drug-likeness (QED) is 0.885. The highest BCUT2D eigenvalue weighted by Gasteiger charge is 2.22. The first-order valence-corrected chi connectivity index (χ1v) is 8.60. The van der Waals surface area contributed by atoms with Crippen LogP contribution in [0.3, 0.4) is 0 Å². The van der Waals surface area contributed by atoms with E-state index in [4.69, 9.17) is 11.6 Å². The van der Waals surface area contributed by atoms with E-state index < -0.39 is 10.0 Å². The van der Waals surface area contributed by atoms with Crippen molar-refractivity contribution in [2.45, 2.75) is 25.0 Å². The fourth-order valence-corrected chi connectivity index (χ4v) is 4.74. The lowest BCUT2D eigenvalue weighted by Crippen LogP contribution is -2.24. The van der Waals surface area contributed by atoms with Crippen LogP contribution >= 0.6 is 22.9 Å². The molecule has 0 spiro atoms. The first kappa shape index (κ1) is 15.5. The third kappa shape index (κ3) is 3.39. The molecule has 0 unspecified atom stereocenters. The number of aliphatic hydroxyl groups is 1. The molecular formula is C13H14ClNO3S2. The highest BCUT2D eigenvalue weighted by molar-refractivity contribution is 7.89. The Morgan fingerprint density at radius 2 is 2.15 bits per heavy atom. The van der Waals surface area contributed by atoms with Gasteiger partial charge in [0, 0.05) is 11.6 Å². The van der Waals surface area contributed by atoms with Gasteiger partial charge in [0.15, 0.2) is 0 Å². The molecule has 20 heavy (non-hydrogen) atoms. The van der Waals surface area contributed by atoms with Crippen LogP contribution in [0.1, 0.15) is 16.0 Å². The molecule has 1 heterocycles. The number of aliphatic hydroxyl groups excluding tert-OH is 1. The minimum absolute atomic E-state index is 0.156. The molecule has 0 aliphatic rings. The number of aryl methyl sites for hydroxylation is 1. The zero-order chi connectivity index (χ0) is 14.8. The summed E-state index contributed by atoms with van der Waals surface area (Å²) < 4.78 is 27.1. The van der Waals surface area contributed by atoms with Crippen LogP contribution in [0.15, 0.2) is 34.5 Å². The smallest absolute Gasteiger partial charge is 0.242 e. The molecule has 0 fully saturated rings. The molecule has 1 aromatic heterocycles. The van der Waals surface area contributed by atoms with Crippen LogP contribution in [0.25, 0.3) is 0 Å². The van der Waals surface area contributed by atoms with Crippen LogP contribution < -0.4 is 4.72 Å². The Hall–Kier alpha value is -0.920. The molecular weight excluding hydrogens is 318 g/mol. The number of hydrogen-bond donors (Lipinski definition) is 2. The molecule has 108 valence electrons. The van der Waals surface area contributed by atoms with Gasteiger partial charge in [-0.05, 0) is 35.6 Å². The number of halogens is 1. The Morgan fingerprint density at radius 1 is 1.40 bits per heavy atom. The van der Waals surface area contributed by atoms with Crippen molar-refractivity contribution in [3.63, 3.8) is 0 Å². The summed E-state index contributed by atoms with van der Waals surface area (Å²) >= 11 is 7.10. The van der Waals surface area contributed by atoms with Gasteiger partial charge in [-0.2, -0.15) is 0 Å². The number of rotatable bonds is 5. The molecule has 0 bridgehead atoms. The van der Waals surface area contributed by atoms with Crippen molar-refractivity contribution in [3.05, 3.63) is 50.7 Å². The van der Waals surface area contributed by atoms with Gasteiger partial charge in [0.1, 0.15) is 4.90 Å². The van der Waals surface area contributed by atoms with E-state index in [1.54, 1.807) is 36.6 Å². The number of sulfonamides is 1. The maximum absolute atomic E-state index is 12.3. The van der Waals surface area contributed by atoms with Crippen LogP contribution in [0.4, 0.5) is 0 Å². The minimum atomic E-state index is -3.64. The van der Waals surface area contributed by atoms with Crippen LogP contribution in [-0.4, -0.2) is 13.5 Å². The molecule has 7 heteroatoms. The average Bonchev–Trinajstić information content (AvgIpc) is 2.78. The Morgan fingerprint density at radius 3 is 2.80 bits per heavy atom. The van der Waals surface area contributed by atoms with E-state index in [1.165, 1.54) is 11.3 Å². The minimum Gasteiger partial charge on any atom is -0.391 e. The molecule has 1 aromatic carbocycles. The topological polar surface area (TPSA) is 66.4 Å². The molecule has 0 radical (unpaired) electrons. The third-order valence-corrected chi connectivity index (χ3v) is 5.84. The molecule has 2 rings (SSSR count). The van der Waals surface area contributed by atoms with Gasteiger partial charge in [-0.3, -0.25) is 0 Å². The summed E-state index contributed by atoms with van der Waals surface area (Å²) in [5, 5.41) is 11.5. The molecule has 0 aliphatic heterocycles. The largest absolute Gasteiger partial charge is 0.391 e. The predicted octanol–water partition coefficient (Wildman–Crippen LogP) is 2.68. The monoisotopic (exact) mass is 331 g/mol. The second-order valence-corrected chi connectivity index (χ2v) is 7.39. The lowest BCUT2D eigenvalue weighted by Gasteiger charge is -2.08. The molecule has 4 nitrogen and oxygen atoms in total. The molecule has 0 atom stereocenters.